The van der Waals surface area contributed by atoms with Crippen LogP contribution in [0.1, 0.15) is 28.7 Å². The number of aromatic amines is 1. The second-order valence-electron chi connectivity index (χ2n) is 6.11. The van der Waals surface area contributed by atoms with Crippen LogP contribution in [0.25, 0.3) is 5.69 Å². The third-order valence-corrected chi connectivity index (χ3v) is 4.11. The van der Waals surface area contributed by atoms with E-state index in [0.717, 1.165) is 5.69 Å². The fraction of sp³-hybridized carbons (Fsp3) is 0.211. The molecule has 0 aliphatic carbocycles. The first-order valence-corrected chi connectivity index (χ1v) is 8.44. The Morgan fingerprint density at radius 2 is 1.96 bits per heavy atom. The number of aryl methyl sites for hydroxylation is 1. The minimum absolute atomic E-state index is 0.244. The monoisotopic (exact) mass is 368 g/mol. The zero-order valence-corrected chi connectivity index (χ0v) is 15.0. The van der Waals surface area contributed by atoms with Crippen LogP contribution < -0.4 is 16.3 Å². The molecule has 3 aromatic rings. The van der Waals surface area contributed by atoms with Crippen LogP contribution in [0.15, 0.2) is 58.1 Å². The van der Waals surface area contributed by atoms with Crippen molar-refractivity contribution < 1.29 is 14.0 Å². The summed E-state index contributed by atoms with van der Waals surface area (Å²) in [4.78, 5) is 38.8. The Bertz CT molecular complexity index is 984. The lowest BCUT2D eigenvalue weighted by Crippen LogP contribution is -2.44. The average Bonchev–Trinajstić information content (AvgIpc) is 3.29. The minimum atomic E-state index is -0.707. The smallest absolute Gasteiger partial charge is 0.330 e. The summed E-state index contributed by atoms with van der Waals surface area (Å²) < 4.78 is 6.65. The van der Waals surface area contributed by atoms with E-state index in [9.17, 15) is 14.4 Å². The molecule has 8 nitrogen and oxygen atoms in total. The maximum atomic E-state index is 12.3. The zero-order valence-electron chi connectivity index (χ0n) is 15.0. The number of imidazole rings is 1. The Labute approximate surface area is 155 Å². The molecule has 0 aliphatic rings. The summed E-state index contributed by atoms with van der Waals surface area (Å²) in [5.41, 5.74) is 1.57. The molecule has 3 N–H and O–H groups in total. The molecule has 0 radical (unpaired) electrons. The van der Waals surface area contributed by atoms with Gasteiger partial charge < -0.3 is 20.0 Å². The van der Waals surface area contributed by atoms with Crippen LogP contribution in [0.5, 0.6) is 0 Å². The molecule has 27 heavy (non-hydrogen) atoms. The second-order valence-corrected chi connectivity index (χ2v) is 6.11. The number of hydrogen-bond acceptors (Lipinski definition) is 4. The van der Waals surface area contributed by atoms with Crippen LogP contribution in [0.4, 0.5) is 0 Å². The first-order chi connectivity index (χ1) is 13.0. The molecule has 0 spiro atoms. The Morgan fingerprint density at radius 1 is 1.22 bits per heavy atom. The van der Waals surface area contributed by atoms with E-state index >= 15 is 0 Å². The third-order valence-electron chi connectivity index (χ3n) is 4.11. The lowest BCUT2D eigenvalue weighted by atomic mass is 10.1. The quantitative estimate of drug-likeness (QED) is 0.612. The predicted molar refractivity (Wildman–Crippen MR) is 98.6 cm³/mol. The van der Waals surface area contributed by atoms with Crippen molar-refractivity contribution in [3.8, 4) is 5.69 Å². The number of nitrogens with one attached hydrogen (secondary N) is 3. The van der Waals surface area contributed by atoms with Crippen LogP contribution in [-0.4, -0.2) is 27.4 Å². The highest BCUT2D eigenvalue weighted by Crippen LogP contribution is 2.10. The Balaban J connectivity index is 1.60. The summed E-state index contributed by atoms with van der Waals surface area (Å²) in [5.74, 6) is -0.0565. The normalized spacial score (nSPS) is 11.8. The van der Waals surface area contributed by atoms with Gasteiger partial charge in [-0.25, -0.2) is 4.79 Å². The molecule has 0 aliphatic heterocycles. The van der Waals surface area contributed by atoms with E-state index in [2.05, 4.69) is 15.6 Å². The van der Waals surface area contributed by atoms with E-state index in [1.807, 2.05) is 6.92 Å². The molecule has 1 aromatic carbocycles. The molecule has 0 saturated heterocycles. The van der Waals surface area contributed by atoms with Gasteiger partial charge in [0.05, 0.1) is 18.5 Å². The van der Waals surface area contributed by atoms with Gasteiger partial charge in [-0.3, -0.25) is 14.2 Å². The Morgan fingerprint density at radius 3 is 2.56 bits per heavy atom. The summed E-state index contributed by atoms with van der Waals surface area (Å²) in [6.07, 6.45) is 3.14. The number of aromatic nitrogens is 2. The van der Waals surface area contributed by atoms with E-state index < -0.39 is 6.04 Å². The standard InChI is InChI=1S/C19H20N4O4/c1-12-10-21-19(26)23(12)15-7-5-14(6-8-15)18(25)22-13(2)17(24)20-11-16-4-3-9-27-16/h3-10,13H,11H2,1-2H3,(H,20,24)(H,21,26)(H,22,25). The Kier molecular flexibility index (Phi) is 5.25. The second kappa shape index (κ2) is 7.77. The number of rotatable bonds is 6. The van der Waals surface area contributed by atoms with Gasteiger partial charge in [0, 0.05) is 17.5 Å². The summed E-state index contributed by atoms with van der Waals surface area (Å²) in [5, 5.41) is 5.34. The maximum Gasteiger partial charge on any atom is 0.330 e. The van der Waals surface area contributed by atoms with Crippen molar-refractivity contribution >= 4 is 11.8 Å². The molecule has 3 rings (SSSR count). The van der Waals surface area contributed by atoms with E-state index in [1.54, 1.807) is 49.5 Å². The SMILES string of the molecule is Cc1c[nH]c(=O)n1-c1ccc(C(=O)NC(C)C(=O)NCc2ccco2)cc1. The van der Waals surface area contributed by atoms with Crippen LogP contribution in [-0.2, 0) is 11.3 Å². The van der Waals surface area contributed by atoms with Crippen molar-refractivity contribution in [3.05, 3.63) is 76.4 Å². The first-order valence-electron chi connectivity index (χ1n) is 8.44. The highest BCUT2D eigenvalue weighted by molar-refractivity contribution is 5.97. The number of carbonyl (C=O) groups excluding carboxylic acids is 2. The van der Waals surface area contributed by atoms with Gasteiger partial charge in [-0.05, 0) is 50.2 Å². The van der Waals surface area contributed by atoms with Gasteiger partial charge in [-0.15, -0.1) is 0 Å². The first kappa shape index (κ1) is 18.2. The average molecular weight is 368 g/mol. The summed E-state index contributed by atoms with van der Waals surface area (Å²) in [6, 6.07) is 9.36. The summed E-state index contributed by atoms with van der Waals surface area (Å²) in [6.45, 7) is 3.67. The van der Waals surface area contributed by atoms with Gasteiger partial charge in [-0.2, -0.15) is 0 Å². The molecule has 2 heterocycles. The van der Waals surface area contributed by atoms with Gasteiger partial charge in [0.1, 0.15) is 11.8 Å². The molecule has 140 valence electrons. The maximum absolute atomic E-state index is 12.3. The number of amides is 2. The third kappa shape index (κ3) is 4.17. The lowest BCUT2D eigenvalue weighted by molar-refractivity contribution is -0.122. The Hall–Kier alpha value is -3.55. The molecular weight excluding hydrogens is 348 g/mol. The molecule has 1 unspecified atom stereocenters. The van der Waals surface area contributed by atoms with Crippen molar-refractivity contribution in [3.63, 3.8) is 0 Å². The molecule has 2 amide bonds. The lowest BCUT2D eigenvalue weighted by Gasteiger charge is -2.14. The van der Waals surface area contributed by atoms with Crippen molar-refractivity contribution in [1.82, 2.24) is 20.2 Å². The van der Waals surface area contributed by atoms with E-state index in [4.69, 9.17) is 4.42 Å². The number of nitrogens with zero attached hydrogens (tertiary/aromatic N) is 1. The molecule has 0 fully saturated rings. The molecule has 1 atom stereocenters. The minimum Gasteiger partial charge on any atom is -0.467 e. The van der Waals surface area contributed by atoms with Crippen LogP contribution >= 0.6 is 0 Å². The molecule has 2 aromatic heterocycles. The van der Waals surface area contributed by atoms with Gasteiger partial charge in [0.25, 0.3) is 5.91 Å². The molecule has 8 heteroatoms. The zero-order chi connectivity index (χ0) is 19.4. The number of carbonyl (C=O) groups is 2. The predicted octanol–water partition coefficient (Wildman–Crippen LogP) is 1.50. The fourth-order valence-corrected chi connectivity index (χ4v) is 2.62. The van der Waals surface area contributed by atoms with Crippen molar-refractivity contribution in [2.75, 3.05) is 0 Å². The highest BCUT2D eigenvalue weighted by Gasteiger charge is 2.17. The van der Waals surface area contributed by atoms with Crippen LogP contribution in [0.2, 0.25) is 0 Å². The summed E-state index contributed by atoms with van der Waals surface area (Å²) >= 11 is 0. The van der Waals surface area contributed by atoms with Gasteiger partial charge in [0.15, 0.2) is 0 Å². The van der Waals surface area contributed by atoms with Gasteiger partial charge in [0.2, 0.25) is 5.91 Å². The van der Waals surface area contributed by atoms with Crippen molar-refractivity contribution in [2.45, 2.75) is 26.4 Å². The number of benzene rings is 1. The number of furan rings is 1. The molecule has 0 bridgehead atoms. The van der Waals surface area contributed by atoms with Crippen LogP contribution in [0.3, 0.4) is 0 Å². The van der Waals surface area contributed by atoms with Gasteiger partial charge in [-0.1, -0.05) is 0 Å². The van der Waals surface area contributed by atoms with Crippen LogP contribution in [0, 0.1) is 6.92 Å². The van der Waals surface area contributed by atoms with Crippen molar-refractivity contribution in [2.24, 2.45) is 0 Å². The topological polar surface area (TPSA) is 109 Å². The number of hydrogen-bond donors (Lipinski definition) is 3. The fourth-order valence-electron chi connectivity index (χ4n) is 2.62. The highest BCUT2D eigenvalue weighted by atomic mass is 16.3. The molecular formula is C19H20N4O4. The van der Waals surface area contributed by atoms with Gasteiger partial charge >= 0.3 is 5.69 Å². The largest absolute Gasteiger partial charge is 0.467 e. The van der Waals surface area contributed by atoms with Crippen molar-refractivity contribution in [1.29, 1.82) is 0 Å². The molecule has 0 saturated carbocycles. The van der Waals surface area contributed by atoms with E-state index in [-0.39, 0.29) is 24.0 Å². The van der Waals surface area contributed by atoms with E-state index in [0.29, 0.717) is 17.0 Å². The summed E-state index contributed by atoms with van der Waals surface area (Å²) in [7, 11) is 0. The van der Waals surface area contributed by atoms with E-state index in [1.165, 1.54) is 10.8 Å². The number of H-pyrrole nitrogens is 1.